The van der Waals surface area contributed by atoms with Crippen LogP contribution in [0.25, 0.3) is 10.9 Å². The van der Waals surface area contributed by atoms with E-state index in [0.29, 0.717) is 5.56 Å². The molecule has 0 bridgehead atoms. The van der Waals surface area contributed by atoms with Gasteiger partial charge in [-0.3, -0.25) is 4.79 Å². The molecule has 4 nitrogen and oxygen atoms in total. The Morgan fingerprint density at radius 2 is 2.12 bits per heavy atom. The highest BCUT2D eigenvalue weighted by Gasteiger charge is 2.23. The van der Waals surface area contributed by atoms with Crippen LogP contribution in [0.3, 0.4) is 0 Å². The number of ketones is 1. The first kappa shape index (κ1) is 10.1. The Morgan fingerprint density at radius 1 is 1.29 bits per heavy atom. The quantitative estimate of drug-likeness (QED) is 0.631. The van der Waals surface area contributed by atoms with Crippen LogP contribution in [0.1, 0.15) is 22.3 Å². The molecular formula is C13H11NO3. The number of aromatic nitrogens is 1. The molecule has 0 spiro atoms. The third-order valence-electron chi connectivity index (χ3n) is 3.27. The number of carbonyl (C=O) groups is 2. The average Bonchev–Trinajstić information content (AvgIpc) is 2.70. The number of aryl methyl sites for hydroxylation is 2. The van der Waals surface area contributed by atoms with Gasteiger partial charge in [-0.15, -0.1) is 0 Å². The van der Waals surface area contributed by atoms with E-state index in [1.165, 1.54) is 5.56 Å². The lowest BCUT2D eigenvalue weighted by Gasteiger charge is -2.14. The molecule has 0 fully saturated rings. The summed E-state index contributed by atoms with van der Waals surface area (Å²) in [6.45, 7) is 0.848. The zero-order chi connectivity index (χ0) is 12.0. The molecule has 86 valence electrons. The minimum atomic E-state index is -1.39. The monoisotopic (exact) mass is 229 g/mol. The molecule has 0 aliphatic carbocycles. The molecule has 1 aliphatic heterocycles. The topological polar surface area (TPSA) is 59.3 Å². The summed E-state index contributed by atoms with van der Waals surface area (Å²) in [4.78, 5) is 22.4. The molecule has 2 aromatic rings. The van der Waals surface area contributed by atoms with Crippen LogP contribution >= 0.6 is 0 Å². The number of para-hydroxylation sites is 1. The Bertz CT molecular complexity index is 639. The average molecular weight is 229 g/mol. The first-order valence-corrected chi connectivity index (χ1v) is 5.57. The summed E-state index contributed by atoms with van der Waals surface area (Å²) in [5.74, 6) is -2.22. The van der Waals surface area contributed by atoms with Gasteiger partial charge in [-0.1, -0.05) is 18.2 Å². The summed E-state index contributed by atoms with van der Waals surface area (Å²) in [6.07, 6.45) is 3.69. The fourth-order valence-electron chi connectivity index (χ4n) is 2.55. The summed E-state index contributed by atoms with van der Waals surface area (Å²) in [6, 6.07) is 5.73. The molecule has 0 radical (unpaired) electrons. The van der Waals surface area contributed by atoms with Crippen molar-refractivity contribution in [3.63, 3.8) is 0 Å². The minimum absolute atomic E-state index is 0.302. The third kappa shape index (κ3) is 1.37. The van der Waals surface area contributed by atoms with Crippen LogP contribution in [0.2, 0.25) is 0 Å². The van der Waals surface area contributed by atoms with Crippen molar-refractivity contribution in [3.05, 3.63) is 35.5 Å². The molecule has 17 heavy (non-hydrogen) atoms. The van der Waals surface area contributed by atoms with Crippen LogP contribution in [-0.4, -0.2) is 21.4 Å². The van der Waals surface area contributed by atoms with Gasteiger partial charge in [-0.05, 0) is 18.4 Å². The molecule has 1 N–H and O–H groups in total. The normalized spacial score (nSPS) is 13.9. The van der Waals surface area contributed by atoms with Gasteiger partial charge in [0.2, 0.25) is 0 Å². The predicted molar refractivity (Wildman–Crippen MR) is 62.2 cm³/mol. The van der Waals surface area contributed by atoms with E-state index in [1.54, 1.807) is 6.20 Å². The number of carbonyl (C=O) groups excluding carboxylic acids is 1. The Morgan fingerprint density at radius 3 is 2.88 bits per heavy atom. The van der Waals surface area contributed by atoms with E-state index in [4.69, 9.17) is 5.11 Å². The predicted octanol–water partition coefficient (Wildman–Crippen LogP) is 1.85. The van der Waals surface area contributed by atoms with Crippen LogP contribution in [0.15, 0.2) is 24.4 Å². The maximum atomic E-state index is 11.6. The fourth-order valence-corrected chi connectivity index (χ4v) is 2.55. The van der Waals surface area contributed by atoms with Crippen molar-refractivity contribution in [2.45, 2.75) is 19.4 Å². The number of rotatable bonds is 2. The highest BCUT2D eigenvalue weighted by Crippen LogP contribution is 2.29. The van der Waals surface area contributed by atoms with E-state index in [-0.39, 0.29) is 0 Å². The first-order valence-electron chi connectivity index (χ1n) is 5.57. The summed E-state index contributed by atoms with van der Waals surface area (Å²) in [5.41, 5.74) is 2.51. The molecule has 0 saturated heterocycles. The second-order valence-electron chi connectivity index (χ2n) is 4.29. The van der Waals surface area contributed by atoms with Crippen molar-refractivity contribution < 1.29 is 14.7 Å². The lowest BCUT2D eigenvalue weighted by molar-refractivity contribution is -0.131. The molecule has 1 aromatic carbocycles. The maximum absolute atomic E-state index is 11.6. The molecule has 1 aromatic heterocycles. The molecule has 2 heterocycles. The number of hydrogen-bond donors (Lipinski definition) is 1. The second-order valence-corrected chi connectivity index (χ2v) is 4.29. The van der Waals surface area contributed by atoms with Gasteiger partial charge in [-0.25, -0.2) is 4.79 Å². The lowest BCUT2D eigenvalue weighted by Crippen LogP contribution is -2.12. The van der Waals surface area contributed by atoms with E-state index in [9.17, 15) is 9.59 Å². The van der Waals surface area contributed by atoms with Crippen molar-refractivity contribution in [1.29, 1.82) is 0 Å². The molecule has 0 saturated carbocycles. The summed E-state index contributed by atoms with van der Waals surface area (Å²) >= 11 is 0. The largest absolute Gasteiger partial charge is 0.475 e. The molecule has 4 heteroatoms. The van der Waals surface area contributed by atoms with Crippen molar-refractivity contribution in [2.24, 2.45) is 0 Å². The summed E-state index contributed by atoms with van der Waals surface area (Å²) < 4.78 is 1.99. The van der Waals surface area contributed by atoms with Crippen molar-refractivity contribution >= 4 is 22.7 Å². The van der Waals surface area contributed by atoms with E-state index >= 15 is 0 Å². The Labute approximate surface area is 97.5 Å². The van der Waals surface area contributed by atoms with Crippen LogP contribution in [0, 0.1) is 0 Å². The van der Waals surface area contributed by atoms with Gasteiger partial charge in [0, 0.05) is 18.1 Å². The zero-order valence-electron chi connectivity index (χ0n) is 9.14. The van der Waals surface area contributed by atoms with Gasteiger partial charge in [0.15, 0.2) is 0 Å². The van der Waals surface area contributed by atoms with Crippen molar-refractivity contribution in [3.8, 4) is 0 Å². The van der Waals surface area contributed by atoms with Crippen molar-refractivity contribution in [2.75, 3.05) is 0 Å². The van der Waals surface area contributed by atoms with Gasteiger partial charge in [0.25, 0.3) is 5.78 Å². The minimum Gasteiger partial charge on any atom is -0.475 e. The molecule has 0 unspecified atom stereocenters. The third-order valence-corrected chi connectivity index (χ3v) is 3.27. The number of carboxylic acid groups (broad SMARTS) is 1. The van der Waals surface area contributed by atoms with Crippen LogP contribution in [0.5, 0.6) is 0 Å². The SMILES string of the molecule is O=C(O)C(=O)c1cn2c3c(cccc13)CCC2. The number of hydrogen-bond acceptors (Lipinski definition) is 2. The fraction of sp³-hybridized carbons (Fsp3) is 0.231. The number of aliphatic carboxylic acids is 1. The van der Waals surface area contributed by atoms with Gasteiger partial charge in [-0.2, -0.15) is 0 Å². The lowest BCUT2D eigenvalue weighted by atomic mass is 10.0. The van der Waals surface area contributed by atoms with E-state index < -0.39 is 11.8 Å². The standard InChI is InChI=1S/C13H11NO3/c15-12(13(16)17)10-7-14-6-2-4-8-3-1-5-9(10)11(8)14/h1,3,5,7H,2,4,6H2,(H,16,17). The molecule has 3 rings (SSSR count). The first-order chi connectivity index (χ1) is 8.18. The number of nitrogens with zero attached hydrogens (tertiary/aromatic N) is 1. The van der Waals surface area contributed by atoms with E-state index in [2.05, 4.69) is 0 Å². The smallest absolute Gasteiger partial charge is 0.377 e. The maximum Gasteiger partial charge on any atom is 0.377 e. The van der Waals surface area contributed by atoms with E-state index in [0.717, 1.165) is 30.3 Å². The molecule has 1 aliphatic rings. The van der Waals surface area contributed by atoms with Gasteiger partial charge in [0.05, 0.1) is 11.1 Å². The van der Waals surface area contributed by atoms with Gasteiger partial charge < -0.3 is 9.67 Å². The van der Waals surface area contributed by atoms with Crippen molar-refractivity contribution in [1.82, 2.24) is 4.57 Å². The Balaban J connectivity index is 2.32. The Kier molecular flexibility index (Phi) is 2.04. The number of benzene rings is 1. The zero-order valence-corrected chi connectivity index (χ0v) is 9.14. The molecule has 0 atom stereocenters. The second kappa shape index (κ2) is 3.45. The van der Waals surface area contributed by atoms with Gasteiger partial charge >= 0.3 is 5.97 Å². The molecule has 0 amide bonds. The Hall–Kier alpha value is -2.10. The van der Waals surface area contributed by atoms with Crippen LogP contribution in [0.4, 0.5) is 0 Å². The summed E-state index contributed by atoms with van der Waals surface area (Å²) in [7, 11) is 0. The molecular weight excluding hydrogens is 218 g/mol. The highest BCUT2D eigenvalue weighted by atomic mass is 16.4. The summed E-state index contributed by atoms with van der Waals surface area (Å²) in [5, 5.41) is 9.56. The number of carboxylic acids is 1. The number of Topliss-reactive ketones (excluding diaryl/α,β-unsaturated/α-hetero) is 1. The van der Waals surface area contributed by atoms with Crippen LogP contribution < -0.4 is 0 Å². The van der Waals surface area contributed by atoms with Gasteiger partial charge in [0.1, 0.15) is 0 Å². The van der Waals surface area contributed by atoms with E-state index in [1.807, 2.05) is 22.8 Å². The van der Waals surface area contributed by atoms with Crippen LogP contribution in [-0.2, 0) is 17.8 Å². The highest BCUT2D eigenvalue weighted by molar-refractivity contribution is 6.42.